The van der Waals surface area contributed by atoms with Crippen LogP contribution >= 0.6 is 0 Å². The molecule has 0 saturated heterocycles. The molecule has 0 aliphatic rings. The van der Waals surface area contributed by atoms with Crippen LogP contribution in [0.5, 0.6) is 23.0 Å². The monoisotopic (exact) mass is 303 g/mol. The number of methoxy groups -OCH3 is 3. The average Bonchev–Trinajstić information content (AvgIpc) is 2.55. The van der Waals surface area contributed by atoms with Gasteiger partial charge < -0.3 is 25.1 Å². The van der Waals surface area contributed by atoms with Gasteiger partial charge in [-0.05, 0) is 35.7 Å². The molecule has 5 nitrogen and oxygen atoms in total. The Hall–Kier alpha value is -2.56. The largest absolute Gasteiger partial charge is 0.506 e. The summed E-state index contributed by atoms with van der Waals surface area (Å²) in [6.45, 7) is 1.99. The van der Waals surface area contributed by atoms with Gasteiger partial charge in [-0.3, -0.25) is 0 Å². The molecule has 118 valence electrons. The Morgan fingerprint density at radius 3 is 2.09 bits per heavy atom. The fourth-order valence-electron chi connectivity index (χ4n) is 2.60. The molecule has 0 heterocycles. The normalized spacial score (nSPS) is 10.4. The third-order valence-electron chi connectivity index (χ3n) is 3.68. The summed E-state index contributed by atoms with van der Waals surface area (Å²) in [7, 11) is 4.72. The Balaban J connectivity index is 2.76. The highest BCUT2D eigenvalue weighted by atomic mass is 16.5. The molecule has 0 spiro atoms. The molecule has 0 aliphatic heterocycles. The van der Waals surface area contributed by atoms with Crippen LogP contribution in [0.1, 0.15) is 12.5 Å². The van der Waals surface area contributed by atoms with Crippen LogP contribution in [-0.4, -0.2) is 26.4 Å². The molecule has 5 heteroatoms. The first kappa shape index (κ1) is 15.8. The van der Waals surface area contributed by atoms with Crippen molar-refractivity contribution in [1.29, 1.82) is 0 Å². The van der Waals surface area contributed by atoms with Gasteiger partial charge in [0.05, 0.1) is 27.0 Å². The highest BCUT2D eigenvalue weighted by Gasteiger charge is 2.20. The molecule has 0 atom stereocenters. The third kappa shape index (κ3) is 2.50. The fourth-order valence-corrected chi connectivity index (χ4v) is 2.60. The number of hydrogen-bond donors (Lipinski definition) is 2. The number of rotatable bonds is 5. The van der Waals surface area contributed by atoms with Crippen molar-refractivity contribution in [2.75, 3.05) is 27.1 Å². The second-order valence-corrected chi connectivity index (χ2v) is 4.76. The highest BCUT2D eigenvalue weighted by Crippen LogP contribution is 2.46. The molecular formula is C17H21NO4. The van der Waals surface area contributed by atoms with Crippen LogP contribution in [0.2, 0.25) is 0 Å². The number of benzene rings is 2. The van der Waals surface area contributed by atoms with E-state index < -0.39 is 0 Å². The van der Waals surface area contributed by atoms with Crippen LogP contribution < -0.4 is 19.9 Å². The van der Waals surface area contributed by atoms with Gasteiger partial charge in [-0.1, -0.05) is 13.0 Å². The van der Waals surface area contributed by atoms with Crippen molar-refractivity contribution in [1.82, 2.24) is 0 Å². The zero-order valence-corrected chi connectivity index (χ0v) is 13.3. The molecule has 0 bridgehead atoms. The van der Waals surface area contributed by atoms with E-state index in [2.05, 4.69) is 0 Å². The zero-order chi connectivity index (χ0) is 16.3. The minimum atomic E-state index is 0.0834. The molecule has 2 aromatic rings. The van der Waals surface area contributed by atoms with Gasteiger partial charge in [0.2, 0.25) is 5.75 Å². The lowest BCUT2D eigenvalue weighted by molar-refractivity contribution is 0.325. The lowest BCUT2D eigenvalue weighted by Gasteiger charge is -2.18. The quantitative estimate of drug-likeness (QED) is 0.655. The molecule has 3 N–H and O–H groups in total. The first-order chi connectivity index (χ1) is 10.6. The predicted octanol–water partition coefficient (Wildman–Crippen LogP) is 3.23. The van der Waals surface area contributed by atoms with Crippen molar-refractivity contribution in [3.05, 3.63) is 29.8 Å². The molecule has 0 unspecified atom stereocenters. The first-order valence-electron chi connectivity index (χ1n) is 6.98. The molecule has 0 aliphatic carbocycles. The highest BCUT2D eigenvalue weighted by molar-refractivity contribution is 5.82. The summed E-state index contributed by atoms with van der Waals surface area (Å²) in [5.41, 5.74) is 8.99. The number of phenols is 1. The van der Waals surface area contributed by atoms with E-state index >= 15 is 0 Å². The summed E-state index contributed by atoms with van der Waals surface area (Å²) in [5, 5.41) is 9.81. The van der Waals surface area contributed by atoms with Gasteiger partial charge >= 0.3 is 0 Å². The predicted molar refractivity (Wildman–Crippen MR) is 87.0 cm³/mol. The molecular weight excluding hydrogens is 282 g/mol. The van der Waals surface area contributed by atoms with Crippen molar-refractivity contribution in [2.45, 2.75) is 13.3 Å². The number of ether oxygens (including phenoxy) is 3. The maximum atomic E-state index is 9.81. The van der Waals surface area contributed by atoms with Crippen LogP contribution in [0.4, 0.5) is 5.69 Å². The Morgan fingerprint density at radius 2 is 1.55 bits per heavy atom. The average molecular weight is 303 g/mol. The maximum Gasteiger partial charge on any atom is 0.203 e. The van der Waals surface area contributed by atoms with E-state index in [1.165, 1.54) is 0 Å². The lowest BCUT2D eigenvalue weighted by atomic mass is 9.95. The molecule has 0 amide bonds. The SMILES string of the molecule is CCc1c(-c2ccc(OC)c(OC)c2OC)ccc(O)c1N. The van der Waals surface area contributed by atoms with Crippen LogP contribution in [0.15, 0.2) is 24.3 Å². The minimum absolute atomic E-state index is 0.0834. The molecule has 0 saturated carbocycles. The fraction of sp³-hybridized carbons (Fsp3) is 0.294. The molecule has 0 radical (unpaired) electrons. The second kappa shape index (κ2) is 6.47. The van der Waals surface area contributed by atoms with E-state index in [0.717, 1.165) is 16.7 Å². The van der Waals surface area contributed by atoms with Crippen LogP contribution in [0.3, 0.4) is 0 Å². The molecule has 22 heavy (non-hydrogen) atoms. The minimum Gasteiger partial charge on any atom is -0.506 e. The summed E-state index contributed by atoms with van der Waals surface area (Å²) >= 11 is 0. The third-order valence-corrected chi connectivity index (χ3v) is 3.68. The van der Waals surface area contributed by atoms with Crippen molar-refractivity contribution in [2.24, 2.45) is 0 Å². The smallest absolute Gasteiger partial charge is 0.203 e. The summed E-state index contributed by atoms with van der Waals surface area (Å²) in [6, 6.07) is 7.12. The van der Waals surface area contributed by atoms with Gasteiger partial charge in [-0.25, -0.2) is 0 Å². The van der Waals surface area contributed by atoms with E-state index in [0.29, 0.717) is 29.4 Å². The molecule has 2 aromatic carbocycles. The Bertz CT molecular complexity index is 683. The van der Waals surface area contributed by atoms with Gasteiger partial charge in [0.25, 0.3) is 0 Å². The van der Waals surface area contributed by atoms with Gasteiger partial charge in [-0.15, -0.1) is 0 Å². The van der Waals surface area contributed by atoms with Crippen LogP contribution in [0.25, 0.3) is 11.1 Å². The van der Waals surface area contributed by atoms with E-state index in [-0.39, 0.29) is 5.75 Å². The second-order valence-electron chi connectivity index (χ2n) is 4.76. The number of nitrogens with two attached hydrogens (primary N) is 1. The van der Waals surface area contributed by atoms with Crippen LogP contribution in [-0.2, 0) is 6.42 Å². The number of aromatic hydroxyl groups is 1. The maximum absolute atomic E-state index is 9.81. The van der Waals surface area contributed by atoms with Crippen molar-refractivity contribution < 1.29 is 19.3 Å². The first-order valence-corrected chi connectivity index (χ1v) is 6.98. The van der Waals surface area contributed by atoms with Gasteiger partial charge in [-0.2, -0.15) is 0 Å². The van der Waals surface area contributed by atoms with Gasteiger partial charge in [0.1, 0.15) is 5.75 Å². The van der Waals surface area contributed by atoms with Crippen molar-refractivity contribution >= 4 is 5.69 Å². The standard InChI is InChI=1S/C17H21NO4/c1-5-10-11(6-8-13(19)15(10)18)12-7-9-14(20-2)17(22-4)16(12)21-3/h6-9,19H,5,18H2,1-4H3. The Morgan fingerprint density at radius 1 is 0.909 bits per heavy atom. The van der Waals surface area contributed by atoms with E-state index in [1.807, 2.05) is 25.1 Å². The van der Waals surface area contributed by atoms with Crippen molar-refractivity contribution in [3.63, 3.8) is 0 Å². The summed E-state index contributed by atoms with van der Waals surface area (Å²) < 4.78 is 16.2. The number of hydrogen-bond acceptors (Lipinski definition) is 5. The molecule has 0 fully saturated rings. The summed E-state index contributed by atoms with van der Waals surface area (Å²) in [4.78, 5) is 0. The van der Waals surface area contributed by atoms with E-state index in [1.54, 1.807) is 27.4 Å². The van der Waals surface area contributed by atoms with Gasteiger partial charge in [0, 0.05) is 5.56 Å². The molecule has 0 aromatic heterocycles. The number of phenolic OH excluding ortho intramolecular Hbond substituents is 1. The lowest BCUT2D eigenvalue weighted by Crippen LogP contribution is -2.00. The Kier molecular flexibility index (Phi) is 4.65. The van der Waals surface area contributed by atoms with E-state index in [9.17, 15) is 5.11 Å². The topological polar surface area (TPSA) is 73.9 Å². The number of anilines is 1. The zero-order valence-electron chi connectivity index (χ0n) is 13.3. The summed E-state index contributed by atoms with van der Waals surface area (Å²) in [5.74, 6) is 1.77. The van der Waals surface area contributed by atoms with E-state index in [4.69, 9.17) is 19.9 Å². The van der Waals surface area contributed by atoms with Gasteiger partial charge in [0.15, 0.2) is 11.5 Å². The molecule has 2 rings (SSSR count). The number of nitrogen functional groups attached to an aromatic ring is 1. The van der Waals surface area contributed by atoms with Crippen molar-refractivity contribution in [3.8, 4) is 34.1 Å². The van der Waals surface area contributed by atoms with Crippen LogP contribution in [0, 0.1) is 0 Å². The Labute approximate surface area is 130 Å². The summed E-state index contributed by atoms with van der Waals surface area (Å²) in [6.07, 6.45) is 0.688.